The molecule has 0 aliphatic heterocycles. The number of fused-ring (bicyclic) bond motifs is 11. The molecule has 4 aromatic heterocycles. The van der Waals surface area contributed by atoms with Gasteiger partial charge in [-0.25, -0.2) is 0 Å². The van der Waals surface area contributed by atoms with Gasteiger partial charge in [-0.05, 0) is 136 Å². The van der Waals surface area contributed by atoms with Crippen LogP contribution in [0.25, 0.3) is 138 Å². The molecule has 0 saturated carbocycles. The third-order valence-electron chi connectivity index (χ3n) is 15.5. The molecule has 0 fully saturated rings. The van der Waals surface area contributed by atoms with Gasteiger partial charge in [0.05, 0.1) is 22.1 Å². The molecule has 14 aromatic rings. The maximum Gasteiger partial charge on any atom is 0.135 e. The van der Waals surface area contributed by atoms with E-state index in [4.69, 9.17) is 4.42 Å². The first-order chi connectivity index (χ1) is 36.1. The van der Waals surface area contributed by atoms with Crippen LogP contribution in [0.4, 0.5) is 0 Å². The van der Waals surface area contributed by atoms with Gasteiger partial charge < -0.3 is 8.98 Å². The molecule has 0 saturated heterocycles. The molecular formula is C69H47N3O. The number of aromatic nitrogens is 3. The van der Waals surface area contributed by atoms with Crippen LogP contribution in [0.1, 0.15) is 13.3 Å². The number of allylic oxidation sites excluding steroid dienone is 4. The van der Waals surface area contributed by atoms with E-state index >= 15 is 0 Å². The highest BCUT2D eigenvalue weighted by Crippen LogP contribution is 2.45. The summed E-state index contributed by atoms with van der Waals surface area (Å²) in [6, 6.07) is 84.3. The average Bonchev–Trinajstić information content (AvgIpc) is 4.24. The number of hydrogen-bond acceptors (Lipinski definition) is 1. The number of rotatable bonds is 7. The van der Waals surface area contributed by atoms with E-state index < -0.39 is 0 Å². The maximum atomic E-state index is 6.57. The van der Waals surface area contributed by atoms with Gasteiger partial charge >= 0.3 is 0 Å². The Hall–Kier alpha value is -9.38. The largest absolute Gasteiger partial charge is 0.456 e. The van der Waals surface area contributed by atoms with E-state index in [1.165, 1.54) is 99.3 Å². The molecule has 15 rings (SSSR count). The lowest BCUT2D eigenvalue weighted by Crippen LogP contribution is -2.10. The summed E-state index contributed by atoms with van der Waals surface area (Å²) in [5, 5.41) is 8.37. The first-order valence-corrected chi connectivity index (χ1v) is 25.4. The molecule has 0 bridgehead atoms. The molecule has 1 atom stereocenters. The Bertz CT molecular complexity index is 4590. The van der Waals surface area contributed by atoms with Crippen molar-refractivity contribution in [3.8, 4) is 55.9 Å². The Morgan fingerprint density at radius 3 is 1.58 bits per heavy atom. The maximum absolute atomic E-state index is 6.57. The van der Waals surface area contributed by atoms with Crippen LogP contribution in [-0.2, 0) is 0 Å². The summed E-state index contributed by atoms with van der Waals surface area (Å²) in [5.74, 6) is 0.332. The number of nitrogens with zero attached hydrogens (tertiary/aromatic N) is 3. The van der Waals surface area contributed by atoms with Crippen LogP contribution in [0.5, 0.6) is 0 Å². The molecule has 73 heavy (non-hydrogen) atoms. The highest BCUT2D eigenvalue weighted by Gasteiger charge is 2.26. The van der Waals surface area contributed by atoms with Crippen molar-refractivity contribution >= 4 is 82.3 Å². The van der Waals surface area contributed by atoms with Crippen molar-refractivity contribution in [2.75, 3.05) is 0 Å². The minimum absolute atomic E-state index is 0.332. The van der Waals surface area contributed by atoms with Crippen LogP contribution in [0.2, 0.25) is 0 Å². The molecule has 344 valence electrons. The molecule has 4 heterocycles. The zero-order valence-corrected chi connectivity index (χ0v) is 40.2. The van der Waals surface area contributed by atoms with Crippen molar-refractivity contribution in [3.63, 3.8) is 0 Å². The molecule has 0 amide bonds. The zero-order chi connectivity index (χ0) is 48.1. The summed E-state index contributed by atoms with van der Waals surface area (Å²) >= 11 is 0. The average molecular weight is 934 g/mol. The number of para-hydroxylation sites is 2. The van der Waals surface area contributed by atoms with Gasteiger partial charge in [0.15, 0.2) is 0 Å². The minimum Gasteiger partial charge on any atom is -0.456 e. The number of benzene rings is 10. The van der Waals surface area contributed by atoms with Gasteiger partial charge in [0, 0.05) is 60.7 Å². The molecule has 10 aromatic carbocycles. The van der Waals surface area contributed by atoms with Gasteiger partial charge in [-0.1, -0.05) is 171 Å². The monoisotopic (exact) mass is 933 g/mol. The van der Waals surface area contributed by atoms with E-state index in [0.29, 0.717) is 5.92 Å². The summed E-state index contributed by atoms with van der Waals surface area (Å²) < 4.78 is 14.1. The summed E-state index contributed by atoms with van der Waals surface area (Å²) in [5.41, 5.74) is 20.7. The smallest absolute Gasteiger partial charge is 0.135 e. The van der Waals surface area contributed by atoms with E-state index in [9.17, 15) is 0 Å². The Balaban J connectivity index is 0.938. The molecular weight excluding hydrogens is 887 g/mol. The quantitative estimate of drug-likeness (QED) is 0.156. The highest BCUT2D eigenvalue weighted by atomic mass is 16.3. The van der Waals surface area contributed by atoms with Crippen molar-refractivity contribution < 1.29 is 4.42 Å². The van der Waals surface area contributed by atoms with E-state index in [2.05, 4.69) is 269 Å². The lowest BCUT2D eigenvalue weighted by Gasteiger charge is -2.21. The molecule has 0 spiro atoms. The van der Waals surface area contributed by atoms with E-state index in [1.807, 2.05) is 0 Å². The Morgan fingerprint density at radius 2 is 0.863 bits per heavy atom. The van der Waals surface area contributed by atoms with Crippen LogP contribution < -0.4 is 0 Å². The molecule has 1 aliphatic rings. The molecule has 1 aliphatic carbocycles. The summed E-state index contributed by atoms with van der Waals surface area (Å²) in [7, 11) is 0. The normalized spacial score (nSPS) is 13.9. The van der Waals surface area contributed by atoms with Crippen molar-refractivity contribution in [3.05, 3.63) is 249 Å². The predicted molar refractivity (Wildman–Crippen MR) is 307 cm³/mol. The van der Waals surface area contributed by atoms with Crippen LogP contribution >= 0.6 is 0 Å². The second kappa shape index (κ2) is 16.3. The van der Waals surface area contributed by atoms with Gasteiger partial charge in [-0.2, -0.15) is 0 Å². The Kier molecular flexibility index (Phi) is 9.27. The fraction of sp³-hybridized carbons (Fsp3) is 0.0435. The molecule has 4 heteroatoms. The molecule has 4 nitrogen and oxygen atoms in total. The van der Waals surface area contributed by atoms with E-state index in [-0.39, 0.29) is 0 Å². The van der Waals surface area contributed by atoms with Gasteiger partial charge in [-0.15, -0.1) is 0 Å². The third kappa shape index (κ3) is 6.54. The van der Waals surface area contributed by atoms with Crippen LogP contribution in [0.3, 0.4) is 0 Å². The fourth-order valence-corrected chi connectivity index (χ4v) is 12.0. The molecule has 0 N–H and O–H groups in total. The Labute approximate surface area is 422 Å². The SMILES string of the molecule is CC1CC=CC=C1n1c2ccccc2c2c3ccc(-n4c5ccccc5c5cc(-c6cccc(-c7cccc(-c8ccccc8)c7)c6)ccc54)cc3n(-c3ccc4oc5ccc(-c6ccccc6)cc5c4c3)c21. The lowest BCUT2D eigenvalue weighted by molar-refractivity contribution is 0.669. The van der Waals surface area contributed by atoms with Crippen molar-refractivity contribution in [1.29, 1.82) is 0 Å². The van der Waals surface area contributed by atoms with Crippen LogP contribution in [-0.4, -0.2) is 13.7 Å². The van der Waals surface area contributed by atoms with E-state index in [0.717, 1.165) is 45.3 Å². The minimum atomic E-state index is 0.332. The number of hydrogen-bond donors (Lipinski definition) is 0. The van der Waals surface area contributed by atoms with Crippen molar-refractivity contribution in [1.82, 2.24) is 13.7 Å². The first kappa shape index (κ1) is 41.4. The van der Waals surface area contributed by atoms with Gasteiger partial charge in [0.1, 0.15) is 16.8 Å². The van der Waals surface area contributed by atoms with Crippen LogP contribution in [0.15, 0.2) is 253 Å². The summed E-state index contributed by atoms with van der Waals surface area (Å²) in [6.07, 6.45) is 7.82. The standard InChI is InChI=1S/C69H47N3O/c1-44-16-8-11-27-61(44)72-63-29-13-10-26-56(63)68-57-34-32-54(43-65(57)71(69(68)72)53-33-37-67-60(42-53)59-41-51(31-36-66(59)73-67)46-19-6-3-7-20-46)70-62-28-12-9-25-55(62)58-40-52(30-35-64(58)70)50-24-15-23-49(39-50)48-22-14-21-47(38-48)45-17-4-2-5-18-45/h2-15,17-44H,16H2,1H3. The first-order valence-electron chi connectivity index (χ1n) is 25.4. The van der Waals surface area contributed by atoms with Crippen LogP contribution in [0, 0.1) is 5.92 Å². The Morgan fingerprint density at radius 1 is 0.356 bits per heavy atom. The second-order valence-corrected chi connectivity index (χ2v) is 19.7. The lowest BCUT2D eigenvalue weighted by atomic mass is 9.96. The second-order valence-electron chi connectivity index (χ2n) is 19.7. The molecule has 1 unspecified atom stereocenters. The third-order valence-corrected chi connectivity index (χ3v) is 15.5. The van der Waals surface area contributed by atoms with Crippen molar-refractivity contribution in [2.24, 2.45) is 5.92 Å². The number of furan rings is 1. The summed E-state index contributed by atoms with van der Waals surface area (Å²) in [6.45, 7) is 2.35. The molecule has 0 radical (unpaired) electrons. The fourth-order valence-electron chi connectivity index (χ4n) is 12.0. The highest BCUT2D eigenvalue weighted by molar-refractivity contribution is 6.23. The predicted octanol–water partition coefficient (Wildman–Crippen LogP) is 18.8. The topological polar surface area (TPSA) is 27.9 Å². The van der Waals surface area contributed by atoms with Gasteiger partial charge in [-0.3, -0.25) is 9.13 Å². The van der Waals surface area contributed by atoms with Crippen molar-refractivity contribution in [2.45, 2.75) is 13.3 Å². The van der Waals surface area contributed by atoms with Gasteiger partial charge in [0.2, 0.25) is 0 Å². The van der Waals surface area contributed by atoms with E-state index in [1.54, 1.807) is 0 Å². The van der Waals surface area contributed by atoms with Gasteiger partial charge in [0.25, 0.3) is 0 Å². The zero-order valence-electron chi connectivity index (χ0n) is 40.2. The summed E-state index contributed by atoms with van der Waals surface area (Å²) in [4.78, 5) is 0.